The second-order valence-electron chi connectivity index (χ2n) is 8.29. The molecular weight excluding hydrogens is 368 g/mol. The number of fused-ring (bicyclic) bond motifs is 1. The van der Waals surface area contributed by atoms with Gasteiger partial charge in [0.1, 0.15) is 0 Å². The van der Waals surface area contributed by atoms with Crippen LogP contribution in [0, 0.1) is 5.41 Å². The predicted octanol–water partition coefficient (Wildman–Crippen LogP) is 7.48. The highest BCUT2D eigenvalue weighted by molar-refractivity contribution is 9.10. The van der Waals surface area contributed by atoms with Crippen molar-refractivity contribution >= 4 is 15.9 Å². The number of hydrogen-bond acceptors (Lipinski definition) is 0. The fourth-order valence-corrected chi connectivity index (χ4v) is 4.83. The Kier molecular flexibility index (Phi) is 6.04. The zero-order valence-corrected chi connectivity index (χ0v) is 17.5. The lowest BCUT2D eigenvalue weighted by molar-refractivity contribution is 0.276. The Morgan fingerprint density at radius 1 is 1.04 bits per heavy atom. The van der Waals surface area contributed by atoms with Crippen LogP contribution < -0.4 is 0 Å². The molecule has 0 saturated carbocycles. The van der Waals surface area contributed by atoms with E-state index in [1.807, 2.05) is 0 Å². The van der Waals surface area contributed by atoms with Crippen LogP contribution in [0.2, 0.25) is 0 Å². The number of rotatable bonds is 5. The average Bonchev–Trinajstić information content (AvgIpc) is 2.77. The Morgan fingerprint density at radius 2 is 1.68 bits per heavy atom. The first-order valence-electron chi connectivity index (χ1n) is 9.86. The summed E-state index contributed by atoms with van der Waals surface area (Å²) in [5, 5.41) is 0. The van der Waals surface area contributed by atoms with E-state index in [1.165, 1.54) is 49.4 Å². The highest BCUT2D eigenvalue weighted by Gasteiger charge is 2.29. The van der Waals surface area contributed by atoms with Gasteiger partial charge < -0.3 is 0 Å². The van der Waals surface area contributed by atoms with Gasteiger partial charge in [-0.15, -0.1) is 0 Å². The second kappa shape index (κ2) is 8.08. The third kappa shape index (κ3) is 4.56. The third-order valence-electron chi connectivity index (χ3n) is 6.09. The Balaban J connectivity index is 1.82. The molecule has 0 N–H and O–H groups in total. The van der Waals surface area contributed by atoms with E-state index in [-0.39, 0.29) is 0 Å². The molecule has 25 heavy (non-hydrogen) atoms. The summed E-state index contributed by atoms with van der Waals surface area (Å²) in [6.07, 6.45) is 8.76. The largest absolute Gasteiger partial charge is 0.0654 e. The van der Waals surface area contributed by atoms with Crippen LogP contribution in [0.5, 0.6) is 0 Å². The zero-order chi connectivity index (χ0) is 17.9. The molecule has 0 fully saturated rings. The van der Waals surface area contributed by atoms with Gasteiger partial charge in [-0.25, -0.2) is 0 Å². The van der Waals surface area contributed by atoms with Gasteiger partial charge in [-0.2, -0.15) is 0 Å². The molecule has 1 aliphatic carbocycles. The molecule has 134 valence electrons. The van der Waals surface area contributed by atoms with E-state index < -0.39 is 0 Å². The first-order chi connectivity index (χ1) is 12.0. The molecule has 0 aromatic heterocycles. The minimum Gasteiger partial charge on any atom is -0.0654 e. The minimum absolute atomic E-state index is 0.396. The van der Waals surface area contributed by atoms with E-state index in [2.05, 4.69) is 79.2 Å². The fraction of sp³-hybridized carbons (Fsp3) is 0.500. The number of hydrogen-bond donors (Lipinski definition) is 0. The second-order valence-corrected chi connectivity index (χ2v) is 9.20. The van der Waals surface area contributed by atoms with Gasteiger partial charge in [-0.3, -0.25) is 0 Å². The van der Waals surface area contributed by atoms with E-state index in [0.717, 1.165) is 0 Å². The molecule has 0 nitrogen and oxygen atoms in total. The van der Waals surface area contributed by atoms with Crippen molar-refractivity contribution in [2.24, 2.45) is 5.41 Å². The summed E-state index contributed by atoms with van der Waals surface area (Å²) in [6.45, 7) is 7.19. The minimum atomic E-state index is 0.396. The average molecular weight is 399 g/mol. The molecule has 0 heterocycles. The normalized spacial score (nSPS) is 17.6. The van der Waals surface area contributed by atoms with E-state index in [0.29, 0.717) is 11.3 Å². The molecule has 0 bridgehead atoms. The van der Waals surface area contributed by atoms with Crippen LogP contribution in [0.15, 0.2) is 46.9 Å². The van der Waals surface area contributed by atoms with E-state index in [1.54, 1.807) is 22.3 Å². The van der Waals surface area contributed by atoms with Crippen molar-refractivity contribution in [2.45, 2.75) is 71.6 Å². The molecule has 3 rings (SSSR count). The van der Waals surface area contributed by atoms with Crippen LogP contribution in [0.1, 0.15) is 74.6 Å². The van der Waals surface area contributed by atoms with Gasteiger partial charge in [0.15, 0.2) is 0 Å². The highest BCUT2D eigenvalue weighted by atomic mass is 79.9. The summed E-state index contributed by atoms with van der Waals surface area (Å²) >= 11 is 3.69. The van der Waals surface area contributed by atoms with Crippen molar-refractivity contribution < 1.29 is 0 Å². The van der Waals surface area contributed by atoms with Crippen molar-refractivity contribution in [3.8, 4) is 0 Å². The summed E-state index contributed by atoms with van der Waals surface area (Å²) in [7, 11) is 0. The Morgan fingerprint density at radius 3 is 2.28 bits per heavy atom. The number of halogens is 1. The lowest BCUT2D eigenvalue weighted by atomic mass is 9.75. The predicted molar refractivity (Wildman–Crippen MR) is 112 cm³/mol. The molecule has 0 amide bonds. The Labute approximate surface area is 162 Å². The molecular formula is C24H31Br. The maximum absolute atomic E-state index is 3.69. The molecule has 1 heteroatoms. The van der Waals surface area contributed by atoms with Gasteiger partial charge in [0.25, 0.3) is 0 Å². The fourth-order valence-electron chi connectivity index (χ4n) is 4.45. The van der Waals surface area contributed by atoms with Gasteiger partial charge in [0.05, 0.1) is 0 Å². The first-order valence-corrected chi connectivity index (χ1v) is 10.7. The lowest BCUT2D eigenvalue weighted by Crippen LogP contribution is -2.21. The van der Waals surface area contributed by atoms with Crippen molar-refractivity contribution in [2.75, 3.05) is 0 Å². The van der Waals surface area contributed by atoms with Crippen molar-refractivity contribution in [1.82, 2.24) is 0 Å². The number of aryl methyl sites for hydroxylation is 2. The summed E-state index contributed by atoms with van der Waals surface area (Å²) in [6, 6.07) is 16.0. The molecule has 1 aliphatic rings. The summed E-state index contributed by atoms with van der Waals surface area (Å²) in [5.74, 6) is 0.643. The maximum atomic E-state index is 3.69. The number of benzene rings is 2. The molecule has 0 saturated heterocycles. The monoisotopic (exact) mass is 398 g/mol. The first kappa shape index (κ1) is 18.7. The van der Waals surface area contributed by atoms with Crippen LogP contribution >= 0.6 is 15.9 Å². The summed E-state index contributed by atoms with van der Waals surface area (Å²) in [5.41, 5.74) is 6.66. The van der Waals surface area contributed by atoms with Gasteiger partial charge >= 0.3 is 0 Å². The SMILES string of the molecule is CCCC(C)c1cc(Br)ccc1CC1(C)CCc2ccccc2CC1. The Bertz CT molecular complexity index is 689. The molecule has 1 unspecified atom stereocenters. The van der Waals surface area contributed by atoms with Gasteiger partial charge in [0.2, 0.25) is 0 Å². The van der Waals surface area contributed by atoms with Crippen molar-refractivity contribution in [3.63, 3.8) is 0 Å². The van der Waals surface area contributed by atoms with Crippen molar-refractivity contribution in [1.29, 1.82) is 0 Å². The van der Waals surface area contributed by atoms with Gasteiger partial charge in [0, 0.05) is 4.47 Å². The van der Waals surface area contributed by atoms with Crippen LogP contribution in [-0.2, 0) is 19.3 Å². The maximum Gasteiger partial charge on any atom is 0.0178 e. The van der Waals surface area contributed by atoms with Crippen LogP contribution in [0.25, 0.3) is 0 Å². The molecule has 2 aromatic carbocycles. The van der Waals surface area contributed by atoms with E-state index in [4.69, 9.17) is 0 Å². The Hall–Kier alpha value is -1.08. The zero-order valence-electron chi connectivity index (χ0n) is 15.9. The lowest BCUT2D eigenvalue weighted by Gasteiger charge is -2.30. The molecule has 0 radical (unpaired) electrons. The summed E-state index contributed by atoms with van der Waals surface area (Å²) < 4.78 is 1.22. The van der Waals surface area contributed by atoms with Crippen molar-refractivity contribution in [3.05, 3.63) is 69.2 Å². The molecule has 2 aromatic rings. The van der Waals surface area contributed by atoms with E-state index in [9.17, 15) is 0 Å². The third-order valence-corrected chi connectivity index (χ3v) is 6.59. The topological polar surface area (TPSA) is 0 Å². The van der Waals surface area contributed by atoms with Gasteiger partial charge in [-0.1, -0.05) is 73.5 Å². The molecule has 0 aliphatic heterocycles. The standard InChI is InChI=1S/C24H31Br/c1-4-7-18(2)23-16-22(25)11-10-21(23)17-24(3)14-12-19-8-5-6-9-20(19)13-15-24/h5-6,8-11,16,18H,4,7,12-15,17H2,1-3H3. The quantitative estimate of drug-likeness (QED) is 0.457. The summed E-state index contributed by atoms with van der Waals surface area (Å²) in [4.78, 5) is 0. The smallest absolute Gasteiger partial charge is 0.0178 e. The van der Waals surface area contributed by atoms with Crippen LogP contribution in [-0.4, -0.2) is 0 Å². The van der Waals surface area contributed by atoms with Gasteiger partial charge in [-0.05, 0) is 84.2 Å². The molecule has 0 spiro atoms. The highest BCUT2D eigenvalue weighted by Crippen LogP contribution is 2.39. The van der Waals surface area contributed by atoms with Crippen LogP contribution in [0.3, 0.4) is 0 Å². The van der Waals surface area contributed by atoms with E-state index >= 15 is 0 Å². The van der Waals surface area contributed by atoms with Crippen LogP contribution in [0.4, 0.5) is 0 Å². The molecule has 1 atom stereocenters.